The van der Waals surface area contributed by atoms with Crippen molar-refractivity contribution in [2.45, 2.75) is 18.9 Å². The SMILES string of the molecule is O=C[C@@H]1C2CN(c3cc4c(cc3F)C(=O)N(C3CCC(=O)NC3=O)C4=O)C[C@H]21. The van der Waals surface area contributed by atoms with Crippen LogP contribution in [0.2, 0.25) is 0 Å². The van der Waals surface area contributed by atoms with Crippen LogP contribution in [0.1, 0.15) is 33.6 Å². The molecule has 0 bridgehead atoms. The molecule has 2 saturated heterocycles. The average molecular weight is 385 g/mol. The van der Waals surface area contributed by atoms with Gasteiger partial charge in [0.25, 0.3) is 11.8 Å². The Bertz CT molecular complexity index is 965. The van der Waals surface area contributed by atoms with Gasteiger partial charge in [-0.25, -0.2) is 4.39 Å². The molecule has 1 aliphatic carbocycles. The number of aldehydes is 1. The lowest BCUT2D eigenvalue weighted by atomic mass is 10.0. The molecular formula is C19H16FN3O5. The first-order chi connectivity index (χ1) is 13.4. The number of anilines is 1. The van der Waals surface area contributed by atoms with Gasteiger partial charge in [-0.1, -0.05) is 0 Å². The summed E-state index contributed by atoms with van der Waals surface area (Å²) >= 11 is 0. The van der Waals surface area contributed by atoms with Crippen molar-refractivity contribution < 1.29 is 28.4 Å². The summed E-state index contributed by atoms with van der Waals surface area (Å²) in [7, 11) is 0. The quantitative estimate of drug-likeness (QED) is 0.585. The third kappa shape index (κ3) is 2.25. The molecule has 0 radical (unpaired) electrons. The second-order valence-corrected chi connectivity index (χ2v) is 7.74. The van der Waals surface area contributed by atoms with Crippen molar-refractivity contribution in [1.29, 1.82) is 0 Å². The molecule has 3 aliphatic heterocycles. The van der Waals surface area contributed by atoms with Crippen LogP contribution in [0, 0.1) is 23.6 Å². The number of benzene rings is 1. The van der Waals surface area contributed by atoms with E-state index < -0.39 is 35.5 Å². The standard InChI is InChI=1S/C19H16FN3O5/c20-13-3-8-9(4-15(13)22-5-10-11(6-22)12(10)7-24)19(28)23(18(8)27)14-1-2-16(25)21-17(14)26/h3-4,7,10-12,14H,1-2,5-6H2,(H,21,25,26)/t10-,11?,12+,14?/m1/s1. The maximum absolute atomic E-state index is 14.7. The van der Waals surface area contributed by atoms with E-state index in [1.807, 2.05) is 0 Å². The summed E-state index contributed by atoms with van der Waals surface area (Å²) in [6.45, 7) is 1.06. The molecule has 4 amide bonds. The van der Waals surface area contributed by atoms with Crippen LogP contribution in [-0.2, 0) is 14.4 Å². The molecule has 1 N–H and O–H groups in total. The van der Waals surface area contributed by atoms with Crippen LogP contribution >= 0.6 is 0 Å². The van der Waals surface area contributed by atoms with E-state index in [-0.39, 0.29) is 47.4 Å². The molecule has 3 fully saturated rings. The van der Waals surface area contributed by atoms with E-state index in [2.05, 4.69) is 5.32 Å². The van der Waals surface area contributed by atoms with Crippen molar-refractivity contribution in [2.75, 3.05) is 18.0 Å². The van der Waals surface area contributed by atoms with Crippen molar-refractivity contribution in [3.05, 3.63) is 29.1 Å². The fourth-order valence-corrected chi connectivity index (χ4v) is 4.69. The lowest BCUT2D eigenvalue weighted by Gasteiger charge is -2.27. The smallest absolute Gasteiger partial charge is 0.262 e. The van der Waals surface area contributed by atoms with Gasteiger partial charge >= 0.3 is 0 Å². The van der Waals surface area contributed by atoms with E-state index in [0.717, 1.165) is 17.3 Å². The van der Waals surface area contributed by atoms with Crippen LogP contribution in [0.25, 0.3) is 0 Å². The average Bonchev–Trinajstić information content (AvgIpc) is 3.02. The Kier molecular flexibility index (Phi) is 3.47. The second kappa shape index (κ2) is 5.70. The summed E-state index contributed by atoms with van der Waals surface area (Å²) in [6, 6.07) is 1.32. The van der Waals surface area contributed by atoms with Crippen molar-refractivity contribution >= 4 is 35.6 Å². The topological polar surface area (TPSA) is 104 Å². The number of nitrogens with one attached hydrogen (secondary N) is 1. The second-order valence-electron chi connectivity index (χ2n) is 7.74. The minimum absolute atomic E-state index is 0.0257. The number of carbonyl (C=O) groups excluding carboxylic acids is 5. The summed E-state index contributed by atoms with van der Waals surface area (Å²) in [5.74, 6) is -2.71. The summed E-state index contributed by atoms with van der Waals surface area (Å²) in [6.07, 6.45) is 1.01. The highest BCUT2D eigenvalue weighted by molar-refractivity contribution is 6.23. The van der Waals surface area contributed by atoms with Crippen molar-refractivity contribution in [3.63, 3.8) is 0 Å². The summed E-state index contributed by atoms with van der Waals surface area (Å²) in [5.41, 5.74) is 0.201. The Morgan fingerprint density at radius 1 is 1.04 bits per heavy atom. The van der Waals surface area contributed by atoms with Gasteiger partial charge in [-0.15, -0.1) is 0 Å². The lowest BCUT2D eigenvalue weighted by Crippen LogP contribution is -2.54. The molecule has 8 nitrogen and oxygen atoms in total. The first-order valence-electron chi connectivity index (χ1n) is 9.16. The summed E-state index contributed by atoms with van der Waals surface area (Å²) < 4.78 is 14.7. The maximum atomic E-state index is 14.7. The number of halogens is 1. The van der Waals surface area contributed by atoms with Gasteiger partial charge in [0.2, 0.25) is 11.8 Å². The molecule has 5 rings (SSSR count). The molecule has 144 valence electrons. The minimum atomic E-state index is -1.08. The van der Waals surface area contributed by atoms with E-state index in [0.29, 0.717) is 13.1 Å². The molecule has 1 aromatic rings. The summed E-state index contributed by atoms with van der Waals surface area (Å²) in [4.78, 5) is 62.5. The number of piperidine rings is 2. The predicted molar refractivity (Wildman–Crippen MR) is 91.8 cm³/mol. The number of fused-ring (bicyclic) bond motifs is 2. The highest BCUT2D eigenvalue weighted by atomic mass is 19.1. The monoisotopic (exact) mass is 385 g/mol. The van der Waals surface area contributed by atoms with Crippen LogP contribution in [-0.4, -0.2) is 53.9 Å². The largest absolute Gasteiger partial charge is 0.369 e. The molecular weight excluding hydrogens is 369 g/mol. The van der Waals surface area contributed by atoms with Crippen molar-refractivity contribution in [3.8, 4) is 0 Å². The third-order valence-corrected chi connectivity index (χ3v) is 6.27. The van der Waals surface area contributed by atoms with Gasteiger partial charge in [0.1, 0.15) is 18.1 Å². The van der Waals surface area contributed by atoms with Crippen molar-refractivity contribution in [1.82, 2.24) is 10.2 Å². The zero-order chi connectivity index (χ0) is 19.7. The van der Waals surface area contributed by atoms with Gasteiger partial charge in [0.15, 0.2) is 0 Å². The number of hydrogen-bond acceptors (Lipinski definition) is 6. The fourth-order valence-electron chi connectivity index (χ4n) is 4.69. The van der Waals surface area contributed by atoms with Gasteiger partial charge in [-0.05, 0) is 30.4 Å². The number of amides is 4. The van der Waals surface area contributed by atoms with Gasteiger partial charge in [0, 0.05) is 25.4 Å². The van der Waals surface area contributed by atoms with Gasteiger partial charge in [-0.2, -0.15) is 0 Å². The Hall–Kier alpha value is -3.10. The molecule has 1 aromatic carbocycles. The van der Waals surface area contributed by atoms with Gasteiger partial charge in [0.05, 0.1) is 16.8 Å². The maximum Gasteiger partial charge on any atom is 0.262 e. The van der Waals surface area contributed by atoms with E-state index in [4.69, 9.17) is 0 Å². The van der Waals surface area contributed by atoms with Gasteiger partial charge in [-0.3, -0.25) is 29.4 Å². The zero-order valence-electron chi connectivity index (χ0n) is 14.7. The van der Waals surface area contributed by atoms with E-state index in [9.17, 15) is 28.4 Å². The first kappa shape index (κ1) is 17.0. The van der Waals surface area contributed by atoms with Crippen LogP contribution in [0.3, 0.4) is 0 Å². The highest BCUT2D eigenvalue weighted by Crippen LogP contribution is 2.51. The van der Waals surface area contributed by atoms with Gasteiger partial charge < -0.3 is 9.69 Å². The molecule has 0 spiro atoms. The Morgan fingerprint density at radius 3 is 2.29 bits per heavy atom. The Balaban J connectivity index is 1.44. The molecule has 28 heavy (non-hydrogen) atoms. The highest BCUT2D eigenvalue weighted by Gasteiger charge is 2.56. The van der Waals surface area contributed by atoms with E-state index >= 15 is 0 Å². The fraction of sp³-hybridized carbons (Fsp3) is 0.421. The Morgan fingerprint density at radius 2 is 1.68 bits per heavy atom. The summed E-state index contributed by atoms with van der Waals surface area (Å²) in [5, 5.41) is 2.13. The molecule has 1 saturated carbocycles. The number of rotatable bonds is 3. The van der Waals surface area contributed by atoms with E-state index in [1.165, 1.54) is 6.07 Å². The number of nitrogens with zero attached hydrogens (tertiary/aromatic N) is 2. The predicted octanol–water partition coefficient (Wildman–Crippen LogP) is 0.108. The Labute approximate surface area is 158 Å². The minimum Gasteiger partial charge on any atom is -0.369 e. The first-order valence-corrected chi connectivity index (χ1v) is 9.16. The van der Waals surface area contributed by atoms with Crippen LogP contribution in [0.5, 0.6) is 0 Å². The molecule has 0 aromatic heterocycles. The molecule has 9 heteroatoms. The zero-order valence-corrected chi connectivity index (χ0v) is 14.7. The number of imide groups is 2. The molecule has 4 atom stereocenters. The molecule has 2 unspecified atom stereocenters. The van der Waals surface area contributed by atoms with Crippen LogP contribution in [0.4, 0.5) is 10.1 Å². The van der Waals surface area contributed by atoms with Crippen LogP contribution in [0.15, 0.2) is 12.1 Å². The number of hydrogen-bond donors (Lipinski definition) is 1. The molecule has 3 heterocycles. The number of carbonyl (C=O) groups is 5. The van der Waals surface area contributed by atoms with Crippen molar-refractivity contribution in [2.24, 2.45) is 17.8 Å². The van der Waals surface area contributed by atoms with E-state index in [1.54, 1.807) is 4.90 Å². The lowest BCUT2D eigenvalue weighted by molar-refractivity contribution is -0.136. The molecule has 4 aliphatic rings. The normalized spacial score (nSPS) is 31.0. The van der Waals surface area contributed by atoms with Crippen LogP contribution < -0.4 is 10.2 Å². The third-order valence-electron chi connectivity index (χ3n) is 6.27.